The van der Waals surface area contributed by atoms with Gasteiger partial charge in [0.2, 0.25) is 0 Å². The Morgan fingerprint density at radius 1 is 1.24 bits per heavy atom. The standard InChI is InChI=1S/C19H24O6/c1-12(2)18(21)25-17-13(3)24-16(20)9-10-23-19(22)15(17)11-14-7-5-4-6-8-14/h4-8,12-13,15,17H,9-11H2,1-3H3/t13-,15+,17+/m0/s1. The fraction of sp³-hybridized carbons (Fsp3) is 0.526. The van der Waals surface area contributed by atoms with Crippen LogP contribution in [0, 0.1) is 11.8 Å². The molecule has 1 fully saturated rings. The second kappa shape index (κ2) is 8.65. The molecule has 1 aromatic rings. The lowest BCUT2D eigenvalue weighted by Gasteiger charge is -2.29. The second-order valence-corrected chi connectivity index (χ2v) is 6.46. The molecular formula is C19H24O6. The molecule has 25 heavy (non-hydrogen) atoms. The van der Waals surface area contributed by atoms with Crippen LogP contribution in [0.5, 0.6) is 0 Å². The van der Waals surface area contributed by atoms with Gasteiger partial charge in [-0.1, -0.05) is 44.2 Å². The van der Waals surface area contributed by atoms with Crippen LogP contribution in [0.4, 0.5) is 0 Å². The van der Waals surface area contributed by atoms with Crippen molar-refractivity contribution in [1.82, 2.24) is 0 Å². The molecule has 1 saturated heterocycles. The molecule has 136 valence electrons. The molecule has 0 saturated carbocycles. The van der Waals surface area contributed by atoms with Gasteiger partial charge < -0.3 is 14.2 Å². The van der Waals surface area contributed by atoms with E-state index in [0.29, 0.717) is 6.42 Å². The highest BCUT2D eigenvalue weighted by Crippen LogP contribution is 2.24. The molecule has 3 atom stereocenters. The molecule has 0 aromatic heterocycles. The highest BCUT2D eigenvalue weighted by atomic mass is 16.6. The molecule has 6 nitrogen and oxygen atoms in total. The van der Waals surface area contributed by atoms with Crippen molar-refractivity contribution in [2.45, 2.75) is 45.8 Å². The summed E-state index contributed by atoms with van der Waals surface area (Å²) in [6, 6.07) is 9.39. The molecule has 1 aliphatic rings. The fourth-order valence-corrected chi connectivity index (χ4v) is 2.65. The summed E-state index contributed by atoms with van der Waals surface area (Å²) in [6.45, 7) is 5.00. The molecule has 6 heteroatoms. The minimum Gasteiger partial charge on any atom is -0.465 e. The van der Waals surface area contributed by atoms with Crippen molar-refractivity contribution in [2.24, 2.45) is 11.8 Å². The van der Waals surface area contributed by atoms with E-state index >= 15 is 0 Å². The Bertz CT molecular complexity index is 610. The number of esters is 3. The summed E-state index contributed by atoms with van der Waals surface area (Å²) in [5.41, 5.74) is 0.910. The van der Waals surface area contributed by atoms with E-state index < -0.39 is 36.0 Å². The number of rotatable bonds is 4. The maximum absolute atomic E-state index is 12.6. The minimum absolute atomic E-state index is 0.0149. The van der Waals surface area contributed by atoms with Crippen LogP contribution in [-0.2, 0) is 35.0 Å². The number of carbonyl (C=O) groups excluding carboxylic acids is 3. The molecule has 2 rings (SSSR count). The fourth-order valence-electron chi connectivity index (χ4n) is 2.65. The Labute approximate surface area is 147 Å². The van der Waals surface area contributed by atoms with E-state index in [9.17, 15) is 14.4 Å². The molecule has 0 unspecified atom stereocenters. The lowest BCUT2D eigenvalue weighted by atomic mass is 9.91. The van der Waals surface area contributed by atoms with Gasteiger partial charge in [0.1, 0.15) is 18.6 Å². The van der Waals surface area contributed by atoms with Gasteiger partial charge >= 0.3 is 17.9 Å². The summed E-state index contributed by atoms with van der Waals surface area (Å²) in [5, 5.41) is 0. The summed E-state index contributed by atoms with van der Waals surface area (Å²) >= 11 is 0. The molecule has 0 radical (unpaired) electrons. The molecule has 0 N–H and O–H groups in total. The number of cyclic esters (lactones) is 2. The zero-order valence-corrected chi connectivity index (χ0v) is 14.8. The van der Waals surface area contributed by atoms with Gasteiger partial charge in [-0.05, 0) is 18.9 Å². The molecular weight excluding hydrogens is 324 g/mol. The van der Waals surface area contributed by atoms with Crippen molar-refractivity contribution < 1.29 is 28.6 Å². The first-order valence-corrected chi connectivity index (χ1v) is 8.49. The monoisotopic (exact) mass is 348 g/mol. The number of carbonyl (C=O) groups is 3. The van der Waals surface area contributed by atoms with Crippen molar-refractivity contribution in [3.63, 3.8) is 0 Å². The molecule has 0 aliphatic carbocycles. The van der Waals surface area contributed by atoms with E-state index in [1.54, 1.807) is 20.8 Å². The van der Waals surface area contributed by atoms with Crippen molar-refractivity contribution in [3.8, 4) is 0 Å². The third kappa shape index (κ3) is 5.31. The van der Waals surface area contributed by atoms with Crippen molar-refractivity contribution in [1.29, 1.82) is 0 Å². The van der Waals surface area contributed by atoms with Crippen LogP contribution in [0.15, 0.2) is 30.3 Å². The smallest absolute Gasteiger partial charge is 0.313 e. The van der Waals surface area contributed by atoms with Crippen LogP contribution in [0.1, 0.15) is 32.8 Å². The van der Waals surface area contributed by atoms with Gasteiger partial charge in [-0.15, -0.1) is 0 Å². The minimum atomic E-state index is -0.898. The summed E-state index contributed by atoms with van der Waals surface area (Å²) in [6.07, 6.45) is -1.32. The molecule has 1 aromatic carbocycles. The maximum Gasteiger partial charge on any atom is 0.313 e. The number of benzene rings is 1. The van der Waals surface area contributed by atoms with Crippen LogP contribution in [0.3, 0.4) is 0 Å². The highest BCUT2D eigenvalue weighted by molar-refractivity contribution is 5.77. The van der Waals surface area contributed by atoms with E-state index in [1.807, 2.05) is 30.3 Å². The van der Waals surface area contributed by atoms with E-state index in [2.05, 4.69) is 0 Å². The van der Waals surface area contributed by atoms with Gasteiger partial charge in [0.05, 0.1) is 12.3 Å². The predicted octanol–water partition coefficient (Wildman–Crippen LogP) is 2.29. The van der Waals surface area contributed by atoms with Crippen LogP contribution in [0.25, 0.3) is 0 Å². The van der Waals surface area contributed by atoms with Crippen LogP contribution < -0.4 is 0 Å². The van der Waals surface area contributed by atoms with E-state index in [1.165, 1.54) is 0 Å². The van der Waals surface area contributed by atoms with E-state index in [-0.39, 0.29) is 18.9 Å². The zero-order valence-electron chi connectivity index (χ0n) is 14.8. The van der Waals surface area contributed by atoms with Gasteiger partial charge in [0, 0.05) is 0 Å². The average Bonchev–Trinajstić information content (AvgIpc) is 2.61. The molecule has 0 amide bonds. The second-order valence-electron chi connectivity index (χ2n) is 6.46. The Morgan fingerprint density at radius 3 is 2.56 bits per heavy atom. The summed E-state index contributed by atoms with van der Waals surface area (Å²) in [5.74, 6) is -2.52. The third-order valence-electron chi connectivity index (χ3n) is 4.05. The SMILES string of the molecule is CC(C)C(=O)O[C@@H]1[C@H](C)OC(=O)CCOC(=O)[C@@H]1Cc1ccccc1. The van der Waals surface area contributed by atoms with Crippen molar-refractivity contribution in [2.75, 3.05) is 6.61 Å². The van der Waals surface area contributed by atoms with Crippen molar-refractivity contribution in [3.05, 3.63) is 35.9 Å². The first kappa shape index (κ1) is 19.0. The van der Waals surface area contributed by atoms with Gasteiger partial charge in [-0.25, -0.2) is 0 Å². The lowest BCUT2D eigenvalue weighted by molar-refractivity contribution is -0.176. The van der Waals surface area contributed by atoms with Gasteiger partial charge in [-0.2, -0.15) is 0 Å². The first-order valence-electron chi connectivity index (χ1n) is 8.49. The molecule has 0 bridgehead atoms. The summed E-state index contributed by atoms with van der Waals surface area (Å²) in [7, 11) is 0. The van der Waals surface area contributed by atoms with Crippen molar-refractivity contribution >= 4 is 17.9 Å². The van der Waals surface area contributed by atoms with Gasteiger partial charge in [0.25, 0.3) is 0 Å². The summed E-state index contributed by atoms with van der Waals surface area (Å²) < 4.78 is 16.1. The van der Waals surface area contributed by atoms with Crippen LogP contribution >= 0.6 is 0 Å². The number of hydrogen-bond acceptors (Lipinski definition) is 6. The van der Waals surface area contributed by atoms with Gasteiger partial charge in [-0.3, -0.25) is 14.4 Å². The van der Waals surface area contributed by atoms with Crippen LogP contribution in [-0.4, -0.2) is 36.7 Å². The number of hydrogen-bond donors (Lipinski definition) is 0. The Hall–Kier alpha value is -2.37. The normalized spacial score (nSPS) is 24.6. The zero-order chi connectivity index (χ0) is 18.4. The van der Waals surface area contributed by atoms with Crippen LogP contribution in [0.2, 0.25) is 0 Å². The largest absolute Gasteiger partial charge is 0.465 e. The lowest BCUT2D eigenvalue weighted by Crippen LogP contribution is -2.43. The first-order chi connectivity index (χ1) is 11.9. The molecule has 1 heterocycles. The quantitative estimate of drug-likeness (QED) is 0.614. The third-order valence-corrected chi connectivity index (χ3v) is 4.05. The number of ether oxygens (including phenoxy) is 3. The van der Waals surface area contributed by atoms with E-state index in [4.69, 9.17) is 14.2 Å². The van der Waals surface area contributed by atoms with E-state index in [0.717, 1.165) is 5.56 Å². The highest BCUT2D eigenvalue weighted by Gasteiger charge is 2.40. The van der Waals surface area contributed by atoms with Gasteiger partial charge in [0.15, 0.2) is 6.10 Å². The predicted molar refractivity (Wildman–Crippen MR) is 89.5 cm³/mol. The maximum atomic E-state index is 12.6. The average molecular weight is 348 g/mol. The Kier molecular flexibility index (Phi) is 6.56. The topological polar surface area (TPSA) is 78.9 Å². The molecule has 1 aliphatic heterocycles. The Morgan fingerprint density at radius 2 is 1.92 bits per heavy atom. The summed E-state index contributed by atoms with van der Waals surface area (Å²) in [4.78, 5) is 36.5. The Balaban J connectivity index is 2.31. The molecule has 0 spiro atoms.